The standard InChI is InChI=1S/C28H27N5O5/c1-17-24(25(35)33(31(17)3)21-8-6-5-7-9-21)29-23(34)16-32-26(36)28(2,30-27(32)37)20-12-10-19-15-22(38-4)13-11-18(19)14-20/h5-15H,16H2,1-4H3,(H,29,34)(H,30,37)/t28-/m0/s1. The van der Waals surface area contributed by atoms with Crippen molar-refractivity contribution in [1.29, 1.82) is 0 Å². The molecule has 0 unspecified atom stereocenters. The molecule has 10 nitrogen and oxygen atoms in total. The summed E-state index contributed by atoms with van der Waals surface area (Å²) in [5.74, 6) is -0.505. The van der Waals surface area contributed by atoms with E-state index in [2.05, 4.69) is 10.6 Å². The van der Waals surface area contributed by atoms with Crippen molar-refractivity contribution in [2.75, 3.05) is 19.0 Å². The normalized spacial score (nSPS) is 17.1. The highest BCUT2D eigenvalue weighted by Gasteiger charge is 2.49. The molecule has 4 aromatic rings. The van der Waals surface area contributed by atoms with Gasteiger partial charge in [0.2, 0.25) is 5.91 Å². The molecule has 1 aromatic heterocycles. The van der Waals surface area contributed by atoms with Gasteiger partial charge in [0.1, 0.15) is 23.5 Å². The fourth-order valence-electron chi connectivity index (χ4n) is 4.73. The first-order valence-electron chi connectivity index (χ1n) is 12.0. The molecule has 0 bridgehead atoms. The molecule has 2 heterocycles. The number of nitrogens with zero attached hydrogens (tertiary/aromatic N) is 3. The van der Waals surface area contributed by atoms with Gasteiger partial charge in [-0.05, 0) is 60.5 Å². The SMILES string of the molecule is COc1ccc2cc([C@]3(C)NC(=O)N(CC(=O)Nc4c(C)n(C)n(-c5ccccc5)c4=O)C3=O)ccc2c1. The molecule has 1 atom stereocenters. The highest BCUT2D eigenvalue weighted by molar-refractivity contribution is 6.10. The largest absolute Gasteiger partial charge is 0.497 e. The van der Waals surface area contributed by atoms with Crippen LogP contribution in [0.5, 0.6) is 5.75 Å². The summed E-state index contributed by atoms with van der Waals surface area (Å²) in [6, 6.07) is 19.4. The number of amides is 4. The van der Waals surface area contributed by atoms with Gasteiger partial charge in [-0.15, -0.1) is 0 Å². The Morgan fingerprint density at radius 2 is 1.68 bits per heavy atom. The van der Waals surface area contributed by atoms with Crippen molar-refractivity contribution in [1.82, 2.24) is 19.6 Å². The molecule has 0 spiro atoms. The number of benzene rings is 3. The van der Waals surface area contributed by atoms with E-state index in [0.717, 1.165) is 15.7 Å². The molecule has 10 heteroatoms. The number of rotatable bonds is 6. The molecule has 2 N–H and O–H groups in total. The Morgan fingerprint density at radius 3 is 2.39 bits per heavy atom. The molecular formula is C28H27N5O5. The zero-order valence-corrected chi connectivity index (χ0v) is 21.4. The Morgan fingerprint density at radius 1 is 1.00 bits per heavy atom. The van der Waals surface area contributed by atoms with Crippen LogP contribution in [0.15, 0.2) is 71.5 Å². The van der Waals surface area contributed by atoms with Crippen LogP contribution in [0.2, 0.25) is 0 Å². The van der Waals surface area contributed by atoms with Gasteiger partial charge in [0.15, 0.2) is 0 Å². The fourth-order valence-corrected chi connectivity index (χ4v) is 4.73. The molecule has 4 amide bonds. The lowest BCUT2D eigenvalue weighted by atomic mass is 9.90. The molecule has 1 saturated heterocycles. The van der Waals surface area contributed by atoms with Crippen LogP contribution in [-0.4, -0.2) is 45.8 Å². The number of carbonyl (C=O) groups is 3. The number of nitrogens with one attached hydrogen (secondary N) is 2. The number of hydrogen-bond acceptors (Lipinski definition) is 5. The third-order valence-corrected chi connectivity index (χ3v) is 7.02. The van der Waals surface area contributed by atoms with Crippen molar-refractivity contribution >= 4 is 34.3 Å². The molecular weight excluding hydrogens is 486 g/mol. The first kappa shape index (κ1) is 24.8. The molecule has 1 aliphatic heterocycles. The molecule has 194 valence electrons. The van der Waals surface area contributed by atoms with Crippen LogP contribution < -0.4 is 20.9 Å². The fraction of sp³-hybridized carbons (Fsp3) is 0.214. The van der Waals surface area contributed by atoms with Gasteiger partial charge < -0.3 is 15.4 Å². The van der Waals surface area contributed by atoms with Crippen molar-refractivity contribution in [2.24, 2.45) is 7.05 Å². The molecule has 38 heavy (non-hydrogen) atoms. The molecule has 0 aliphatic carbocycles. The number of fused-ring (bicyclic) bond motifs is 1. The van der Waals surface area contributed by atoms with Gasteiger partial charge >= 0.3 is 6.03 Å². The predicted molar refractivity (Wildman–Crippen MR) is 142 cm³/mol. The Bertz CT molecular complexity index is 1660. The third kappa shape index (κ3) is 4.00. The number of para-hydroxylation sites is 1. The Hall–Kier alpha value is -4.86. The maximum atomic E-state index is 13.4. The van der Waals surface area contributed by atoms with Crippen LogP contribution >= 0.6 is 0 Å². The lowest BCUT2D eigenvalue weighted by Gasteiger charge is -2.22. The number of carbonyl (C=O) groups excluding carboxylic acids is 3. The van der Waals surface area contributed by atoms with Gasteiger partial charge in [-0.3, -0.25) is 24.0 Å². The molecule has 3 aromatic carbocycles. The molecule has 0 saturated carbocycles. The quantitative estimate of drug-likeness (QED) is 0.385. The number of methoxy groups -OCH3 is 1. The highest BCUT2D eigenvalue weighted by atomic mass is 16.5. The van der Waals surface area contributed by atoms with E-state index < -0.39 is 35.5 Å². The lowest BCUT2D eigenvalue weighted by molar-refractivity contribution is -0.133. The number of urea groups is 1. The highest BCUT2D eigenvalue weighted by Crippen LogP contribution is 2.32. The van der Waals surface area contributed by atoms with E-state index in [-0.39, 0.29) is 5.69 Å². The van der Waals surface area contributed by atoms with Gasteiger partial charge in [0.05, 0.1) is 18.5 Å². The average Bonchev–Trinajstić information content (AvgIpc) is 3.27. The van der Waals surface area contributed by atoms with E-state index in [1.807, 2.05) is 48.5 Å². The zero-order valence-electron chi connectivity index (χ0n) is 21.4. The maximum absolute atomic E-state index is 13.4. The van der Waals surface area contributed by atoms with Crippen LogP contribution in [0.3, 0.4) is 0 Å². The van der Waals surface area contributed by atoms with E-state index in [1.165, 1.54) is 4.68 Å². The second-order valence-electron chi connectivity index (χ2n) is 9.36. The average molecular weight is 514 g/mol. The van der Waals surface area contributed by atoms with Crippen molar-refractivity contribution < 1.29 is 19.1 Å². The minimum atomic E-state index is -1.35. The van der Waals surface area contributed by atoms with Crippen molar-refractivity contribution in [3.63, 3.8) is 0 Å². The minimum Gasteiger partial charge on any atom is -0.497 e. The minimum absolute atomic E-state index is 0.0844. The Balaban J connectivity index is 1.37. The molecule has 1 fully saturated rings. The summed E-state index contributed by atoms with van der Waals surface area (Å²) in [5.41, 5.74) is 0.0691. The summed E-state index contributed by atoms with van der Waals surface area (Å²) < 4.78 is 8.33. The number of hydrogen-bond donors (Lipinski definition) is 2. The monoisotopic (exact) mass is 513 g/mol. The van der Waals surface area contributed by atoms with Gasteiger partial charge in [0.25, 0.3) is 11.5 Å². The summed E-state index contributed by atoms with van der Waals surface area (Å²) in [6.45, 7) is 2.77. The first-order valence-corrected chi connectivity index (χ1v) is 12.0. The number of aromatic nitrogens is 2. The predicted octanol–water partition coefficient (Wildman–Crippen LogP) is 3.05. The lowest BCUT2D eigenvalue weighted by Crippen LogP contribution is -2.42. The Labute approximate surface area is 218 Å². The number of anilines is 1. The van der Waals surface area contributed by atoms with Crippen molar-refractivity contribution in [3.05, 3.63) is 88.3 Å². The zero-order chi connectivity index (χ0) is 27.2. The van der Waals surface area contributed by atoms with Crippen molar-refractivity contribution in [2.45, 2.75) is 19.4 Å². The van der Waals surface area contributed by atoms with Gasteiger partial charge in [-0.2, -0.15) is 0 Å². The second-order valence-corrected chi connectivity index (χ2v) is 9.36. The third-order valence-electron chi connectivity index (χ3n) is 7.02. The molecule has 5 rings (SSSR count). The summed E-state index contributed by atoms with van der Waals surface area (Å²) >= 11 is 0. The molecule has 1 aliphatic rings. The van der Waals surface area contributed by atoms with E-state index in [0.29, 0.717) is 22.7 Å². The smallest absolute Gasteiger partial charge is 0.325 e. The molecule has 0 radical (unpaired) electrons. The maximum Gasteiger partial charge on any atom is 0.325 e. The van der Waals surface area contributed by atoms with E-state index in [4.69, 9.17) is 4.74 Å². The number of imide groups is 1. The van der Waals surface area contributed by atoms with Gasteiger partial charge in [0, 0.05) is 7.05 Å². The van der Waals surface area contributed by atoms with Crippen LogP contribution in [0.4, 0.5) is 10.5 Å². The number of ether oxygens (including phenoxy) is 1. The van der Waals surface area contributed by atoms with E-state index >= 15 is 0 Å². The van der Waals surface area contributed by atoms with Crippen LogP contribution in [-0.2, 0) is 22.2 Å². The summed E-state index contributed by atoms with van der Waals surface area (Å²) in [4.78, 5) is 53.1. The van der Waals surface area contributed by atoms with E-state index in [9.17, 15) is 19.2 Å². The second kappa shape index (κ2) is 9.22. The summed E-state index contributed by atoms with van der Waals surface area (Å²) in [7, 11) is 3.30. The summed E-state index contributed by atoms with van der Waals surface area (Å²) in [6.07, 6.45) is 0. The van der Waals surface area contributed by atoms with Crippen LogP contribution in [0.25, 0.3) is 16.5 Å². The van der Waals surface area contributed by atoms with Crippen LogP contribution in [0, 0.1) is 6.92 Å². The Kier molecular flexibility index (Phi) is 6.02. The van der Waals surface area contributed by atoms with E-state index in [1.54, 1.807) is 50.9 Å². The van der Waals surface area contributed by atoms with Gasteiger partial charge in [-0.25, -0.2) is 9.48 Å². The van der Waals surface area contributed by atoms with Gasteiger partial charge in [-0.1, -0.05) is 36.4 Å². The summed E-state index contributed by atoms with van der Waals surface area (Å²) in [5, 5.41) is 7.12. The van der Waals surface area contributed by atoms with Crippen molar-refractivity contribution in [3.8, 4) is 11.4 Å². The van der Waals surface area contributed by atoms with Crippen LogP contribution in [0.1, 0.15) is 18.2 Å². The topological polar surface area (TPSA) is 115 Å². The first-order chi connectivity index (χ1) is 18.1.